The Bertz CT molecular complexity index is 1910. The topological polar surface area (TPSA) is 144 Å². The van der Waals surface area contributed by atoms with Crippen LogP contribution >= 0.6 is 11.6 Å². The van der Waals surface area contributed by atoms with Gasteiger partial charge < -0.3 is 33.6 Å². The normalized spacial score (nSPS) is 24.9. The molecule has 2 bridgehead atoms. The maximum Gasteiger partial charge on any atom is 0.410 e. The zero-order valence-corrected chi connectivity index (χ0v) is 34.1. The van der Waals surface area contributed by atoms with E-state index in [1.165, 1.54) is 24.8 Å². The van der Waals surface area contributed by atoms with Crippen molar-refractivity contribution in [2.24, 2.45) is 11.8 Å². The lowest BCUT2D eigenvalue weighted by molar-refractivity contribution is -0.139. The Morgan fingerprint density at radius 2 is 1.80 bits per heavy atom. The van der Waals surface area contributed by atoms with E-state index in [0.717, 1.165) is 43.2 Å². The van der Waals surface area contributed by atoms with Crippen LogP contribution in [0.4, 0.5) is 15.3 Å². The molecule has 1 N–H and O–H groups in total. The summed E-state index contributed by atoms with van der Waals surface area (Å²) in [6.07, 6.45) is 6.20. The Hall–Kier alpha value is -4.01. The number of carbonyl (C=O) groups excluding carboxylic acids is 3. The van der Waals surface area contributed by atoms with E-state index < -0.39 is 45.4 Å². The third-order valence-corrected chi connectivity index (χ3v) is 12.4. The Labute approximate surface area is 329 Å². The molecule has 0 spiro atoms. The van der Waals surface area contributed by atoms with Gasteiger partial charge in [-0.2, -0.15) is 0 Å². The first-order chi connectivity index (χ1) is 25.9. The Balaban J connectivity index is 1.27. The van der Waals surface area contributed by atoms with Crippen molar-refractivity contribution in [3.63, 3.8) is 0 Å². The van der Waals surface area contributed by atoms with E-state index in [1.807, 2.05) is 39.0 Å². The van der Waals surface area contributed by atoms with Crippen LogP contribution in [0.5, 0.6) is 5.75 Å². The van der Waals surface area contributed by atoms with Gasteiger partial charge in [0.1, 0.15) is 29.7 Å². The Kier molecular flexibility index (Phi) is 12.0. The number of ether oxygens (including phenoxy) is 4. The molecule has 300 valence electrons. The molecule has 3 atom stereocenters. The van der Waals surface area contributed by atoms with Gasteiger partial charge in [-0.05, 0) is 120 Å². The molecular weight excluding hydrogens is 748 g/mol. The number of amides is 3. The van der Waals surface area contributed by atoms with Crippen LogP contribution in [-0.4, -0.2) is 99.5 Å². The molecule has 0 radical (unpaired) electrons. The van der Waals surface area contributed by atoms with Gasteiger partial charge in [0.2, 0.25) is 0 Å². The van der Waals surface area contributed by atoms with E-state index in [4.69, 9.17) is 30.5 Å². The highest BCUT2D eigenvalue weighted by Gasteiger charge is 2.43. The van der Waals surface area contributed by atoms with E-state index in [2.05, 4.69) is 9.62 Å². The van der Waals surface area contributed by atoms with Gasteiger partial charge in [-0.3, -0.25) is 4.79 Å². The zero-order chi connectivity index (χ0) is 39.7. The van der Waals surface area contributed by atoms with E-state index in [9.17, 15) is 22.8 Å². The van der Waals surface area contributed by atoms with Crippen LogP contribution in [-0.2, 0) is 42.1 Å². The first-order valence-corrected chi connectivity index (χ1v) is 20.8. The lowest BCUT2D eigenvalue weighted by atomic mass is 9.70. The predicted molar refractivity (Wildman–Crippen MR) is 208 cm³/mol. The van der Waals surface area contributed by atoms with Gasteiger partial charge in [-0.1, -0.05) is 23.7 Å². The molecule has 0 unspecified atom stereocenters. The Morgan fingerprint density at radius 1 is 1.04 bits per heavy atom. The van der Waals surface area contributed by atoms with Gasteiger partial charge in [-0.25, -0.2) is 22.7 Å². The highest BCUT2D eigenvalue weighted by atomic mass is 35.5. The molecule has 13 nitrogen and oxygen atoms in total. The summed E-state index contributed by atoms with van der Waals surface area (Å²) in [5.41, 5.74) is 0.582. The smallest absolute Gasteiger partial charge is 0.410 e. The quantitative estimate of drug-likeness (QED) is 0.343. The summed E-state index contributed by atoms with van der Waals surface area (Å²) in [6.45, 7) is 10.5. The zero-order valence-electron chi connectivity index (χ0n) is 32.5. The lowest BCUT2D eigenvalue weighted by Gasteiger charge is -2.46. The fourth-order valence-electron chi connectivity index (χ4n) is 7.23. The van der Waals surface area contributed by atoms with Crippen LogP contribution in [0.25, 0.3) is 0 Å². The molecule has 1 saturated heterocycles. The predicted octanol–water partition coefficient (Wildman–Crippen LogP) is 6.31. The van der Waals surface area contributed by atoms with Crippen LogP contribution in [0.2, 0.25) is 5.02 Å². The van der Waals surface area contributed by atoms with E-state index >= 15 is 0 Å². The molecule has 3 amide bonds. The summed E-state index contributed by atoms with van der Waals surface area (Å²) in [6, 6.07) is 10.2. The minimum Gasteiger partial charge on any atom is -0.487 e. The summed E-state index contributed by atoms with van der Waals surface area (Å²) < 4.78 is 53.5. The van der Waals surface area contributed by atoms with E-state index in [-0.39, 0.29) is 36.0 Å². The molecule has 1 saturated carbocycles. The summed E-state index contributed by atoms with van der Waals surface area (Å²) in [7, 11) is -2.61. The Morgan fingerprint density at radius 3 is 2.51 bits per heavy atom. The number of rotatable bonds is 2. The maximum absolute atomic E-state index is 13.7. The molecule has 3 heterocycles. The molecule has 2 aromatic rings. The van der Waals surface area contributed by atoms with Crippen molar-refractivity contribution in [3.8, 4) is 5.75 Å². The standard InChI is InChI=1S/C40H53ClN4O9S/c1-39(2,3)54-37(47)43(6)30-23-45(24-30)38(48)53-34-11-9-19-52-40(4,5)36(46)42-55(49,50)31-15-17-35-33(21-31)44(22-27-13-16-32(27)34)18-8-7-10-26-20-29(41)14-12-28(26)25-51-35/h9,11-12,14-15,17,20-21,27,30,32,34H,7-8,10,13,16,18-19,22-25H2,1-6H3,(H,42,46)/b11-9+/t27-,32+,34-/m0/s1. The molecule has 55 heavy (non-hydrogen) atoms. The molecule has 2 aromatic carbocycles. The highest BCUT2D eigenvalue weighted by molar-refractivity contribution is 7.90. The minimum absolute atomic E-state index is 0.0196. The van der Waals surface area contributed by atoms with Gasteiger partial charge in [0.15, 0.2) is 0 Å². The monoisotopic (exact) mass is 800 g/mol. The van der Waals surface area contributed by atoms with E-state index in [0.29, 0.717) is 42.6 Å². The second-order valence-corrected chi connectivity index (χ2v) is 18.5. The first kappa shape index (κ1) is 40.6. The number of likely N-dealkylation sites (tertiary alicyclic amines) is 1. The van der Waals surface area contributed by atoms with Crippen molar-refractivity contribution in [1.82, 2.24) is 14.5 Å². The summed E-state index contributed by atoms with van der Waals surface area (Å²) >= 11 is 6.36. The van der Waals surface area contributed by atoms with Gasteiger partial charge in [-0.15, -0.1) is 0 Å². The average Bonchev–Trinajstić information content (AvgIpc) is 3.09. The van der Waals surface area contributed by atoms with Crippen molar-refractivity contribution in [3.05, 3.63) is 64.7 Å². The SMILES string of the molecule is CN(C(=O)OC(C)(C)C)C1CN(C(=O)O[C@H]2/C=C/COC(C)(C)C(=O)NS(=O)(=O)c3ccc4c(c3)N(CCCCc3cc(Cl)ccc3CO4)C[C@@H]3CC[C@H]32)C1. The number of anilines is 1. The van der Waals surface area contributed by atoms with Crippen molar-refractivity contribution in [2.45, 2.75) is 102 Å². The number of sulfonamides is 1. The van der Waals surface area contributed by atoms with Crippen LogP contribution in [0.3, 0.4) is 0 Å². The number of aryl methyl sites for hydroxylation is 1. The molecule has 2 fully saturated rings. The number of halogens is 1. The molecule has 1 aliphatic carbocycles. The molecule has 15 heteroatoms. The number of hydrogen-bond acceptors (Lipinski definition) is 10. The molecule has 3 aliphatic heterocycles. The second kappa shape index (κ2) is 16.2. The first-order valence-electron chi connectivity index (χ1n) is 19.0. The molecule has 6 rings (SSSR count). The molecular formula is C40H53ClN4O9S. The number of likely N-dealkylation sites (N-methyl/N-ethyl adjacent to an activating group) is 1. The summed E-state index contributed by atoms with van der Waals surface area (Å²) in [5.74, 6) is -0.241. The van der Waals surface area contributed by atoms with Crippen molar-refractivity contribution < 1.29 is 41.7 Å². The lowest BCUT2D eigenvalue weighted by Crippen LogP contribution is -2.62. The number of hydrogen-bond donors (Lipinski definition) is 1. The third kappa shape index (κ3) is 9.69. The largest absolute Gasteiger partial charge is 0.487 e. The third-order valence-electron chi connectivity index (χ3n) is 10.8. The van der Waals surface area contributed by atoms with Crippen LogP contribution in [0.15, 0.2) is 53.4 Å². The number of benzene rings is 2. The fourth-order valence-corrected chi connectivity index (χ4v) is 8.55. The van der Waals surface area contributed by atoms with Crippen molar-refractivity contribution >= 4 is 45.4 Å². The van der Waals surface area contributed by atoms with E-state index in [1.54, 1.807) is 36.2 Å². The summed E-state index contributed by atoms with van der Waals surface area (Å²) in [5, 5.41) is 0.660. The maximum atomic E-state index is 13.7. The van der Waals surface area contributed by atoms with Gasteiger partial charge in [0.05, 0.1) is 23.2 Å². The summed E-state index contributed by atoms with van der Waals surface area (Å²) in [4.78, 5) is 44.7. The fraction of sp³-hybridized carbons (Fsp3) is 0.575. The van der Waals surface area contributed by atoms with Crippen LogP contribution in [0, 0.1) is 11.8 Å². The van der Waals surface area contributed by atoms with Crippen LogP contribution < -0.4 is 14.4 Å². The van der Waals surface area contributed by atoms with Gasteiger partial charge in [0, 0.05) is 44.2 Å². The number of carbonyl (C=O) groups is 3. The number of nitrogens with one attached hydrogen (secondary N) is 1. The molecule has 4 aliphatic rings. The van der Waals surface area contributed by atoms with Crippen molar-refractivity contribution in [1.29, 1.82) is 0 Å². The van der Waals surface area contributed by atoms with Gasteiger partial charge >= 0.3 is 12.2 Å². The van der Waals surface area contributed by atoms with Crippen molar-refractivity contribution in [2.75, 3.05) is 44.7 Å². The van der Waals surface area contributed by atoms with Gasteiger partial charge in [0.25, 0.3) is 15.9 Å². The second-order valence-electron chi connectivity index (χ2n) is 16.4. The van der Waals surface area contributed by atoms with Crippen LogP contribution in [0.1, 0.15) is 71.4 Å². The molecule has 0 aromatic heterocycles. The number of fused-ring (bicyclic) bond motifs is 3. The average molecular weight is 801 g/mol. The number of nitrogens with zero attached hydrogens (tertiary/aromatic N) is 3. The minimum atomic E-state index is -4.27. The highest BCUT2D eigenvalue weighted by Crippen LogP contribution is 2.42.